The van der Waals surface area contributed by atoms with Crippen LogP contribution in [-0.4, -0.2) is 81.0 Å². The minimum absolute atomic E-state index is 0.0156. The van der Waals surface area contributed by atoms with Gasteiger partial charge in [0.1, 0.15) is 12.1 Å². The van der Waals surface area contributed by atoms with Gasteiger partial charge in [0.2, 0.25) is 10.0 Å². The number of carbonyl (C=O) groups excluding carboxylic acids is 2. The molecule has 0 aromatic heterocycles. The number of sulfonamides is 1. The number of hydroxylamine groups is 2. The van der Waals surface area contributed by atoms with Gasteiger partial charge in [-0.25, -0.2) is 8.42 Å². The van der Waals surface area contributed by atoms with E-state index in [2.05, 4.69) is 4.74 Å². The van der Waals surface area contributed by atoms with Crippen molar-refractivity contribution < 1.29 is 41.0 Å². The number of hydrogen-bond donors (Lipinski definition) is 0. The first-order valence-electron chi connectivity index (χ1n) is 15.6. The van der Waals surface area contributed by atoms with E-state index in [1.54, 1.807) is 32.3 Å². The van der Waals surface area contributed by atoms with Crippen LogP contribution in [0.1, 0.15) is 59.7 Å². The van der Waals surface area contributed by atoms with Crippen molar-refractivity contribution in [3.8, 4) is 11.5 Å². The van der Waals surface area contributed by atoms with Crippen LogP contribution in [0, 0.1) is 11.1 Å². The van der Waals surface area contributed by atoms with Crippen LogP contribution in [0.4, 0.5) is 8.78 Å². The summed E-state index contributed by atoms with van der Waals surface area (Å²) in [6.45, 7) is -2.95. The molecule has 2 aromatic rings. The zero-order valence-electron chi connectivity index (χ0n) is 26.8. The second kappa shape index (κ2) is 15.6. The van der Waals surface area contributed by atoms with E-state index in [1.165, 1.54) is 29.2 Å². The zero-order chi connectivity index (χ0) is 35.5. The van der Waals surface area contributed by atoms with Crippen molar-refractivity contribution in [3.05, 3.63) is 86.2 Å². The third kappa shape index (κ3) is 9.43. The highest BCUT2D eigenvalue weighted by molar-refractivity contribution is 7.88. The second-order valence-corrected chi connectivity index (χ2v) is 15.1. The van der Waals surface area contributed by atoms with E-state index >= 15 is 0 Å². The lowest BCUT2D eigenvalue weighted by molar-refractivity contribution is -0.153. The number of nitrogens with zero attached hydrogens (tertiary/aromatic N) is 3. The molecular weight excluding hydrogens is 707 g/mol. The molecule has 1 saturated heterocycles. The van der Waals surface area contributed by atoms with E-state index in [0.717, 1.165) is 23.3 Å². The third-order valence-electron chi connectivity index (χ3n) is 8.30. The number of hydrogen-bond acceptors (Lipinski definition) is 9. The van der Waals surface area contributed by atoms with Crippen molar-refractivity contribution in [3.63, 3.8) is 0 Å². The maximum atomic E-state index is 13.8. The predicted octanol–water partition coefficient (Wildman–Crippen LogP) is 6.13. The molecule has 0 unspecified atom stereocenters. The Hall–Kier alpha value is -3.43. The number of halogens is 4. The van der Waals surface area contributed by atoms with Crippen LogP contribution in [0.5, 0.6) is 11.5 Å². The van der Waals surface area contributed by atoms with Gasteiger partial charge in [0.15, 0.2) is 11.5 Å². The summed E-state index contributed by atoms with van der Waals surface area (Å²) in [6, 6.07) is 9.26. The Morgan fingerprint density at radius 1 is 1.08 bits per heavy atom. The normalized spacial score (nSPS) is 19.1. The molecule has 2 aliphatic heterocycles. The smallest absolute Gasteiger partial charge is 0.387 e. The average Bonchev–Trinajstić information content (AvgIpc) is 3.72. The van der Waals surface area contributed by atoms with Gasteiger partial charge in [0.25, 0.3) is 5.91 Å². The highest BCUT2D eigenvalue weighted by atomic mass is 35.5. The Kier molecular flexibility index (Phi) is 11.8. The van der Waals surface area contributed by atoms with Gasteiger partial charge >= 0.3 is 12.6 Å². The van der Waals surface area contributed by atoms with Crippen LogP contribution in [-0.2, 0) is 25.3 Å². The molecule has 2 heterocycles. The first-order chi connectivity index (χ1) is 23.2. The summed E-state index contributed by atoms with van der Waals surface area (Å²) in [6.07, 6.45) is 2.36. The van der Waals surface area contributed by atoms with Crippen molar-refractivity contribution >= 4 is 45.1 Å². The molecular formula is C33H36Cl2F2N3O8S-. The lowest BCUT2D eigenvalue weighted by atomic mass is 9.99. The Balaban J connectivity index is 1.41. The minimum atomic E-state index is -4.06. The zero-order valence-corrected chi connectivity index (χ0v) is 29.1. The van der Waals surface area contributed by atoms with Crippen molar-refractivity contribution in [2.45, 2.75) is 56.6 Å². The van der Waals surface area contributed by atoms with E-state index in [0.29, 0.717) is 33.7 Å². The molecule has 1 amide bonds. The van der Waals surface area contributed by atoms with Gasteiger partial charge in [-0.05, 0) is 72.6 Å². The van der Waals surface area contributed by atoms with Crippen molar-refractivity contribution in [2.24, 2.45) is 5.92 Å². The fraction of sp³-hybridized carbons (Fsp3) is 0.455. The summed E-state index contributed by atoms with van der Waals surface area (Å²) in [5.74, 6) is -1.47. The number of allylic oxidation sites excluding steroid dienone is 1. The maximum absolute atomic E-state index is 13.8. The third-order valence-corrected chi connectivity index (χ3v) is 10.8. The standard InChI is InChI=1S/C33H36Cl2F2N3O8S/c1-38(2)31(41)23-6-3-5-21(13-23)19-49(44,45)40-12-4-7-27(40)32(42)47-29(15-24-25(34)16-39(43)17-26(24)35)22-10-11-28(48-33(36)37)30(14-22)46-18-20-8-9-20/h3,5-6,10-11,13-14,16,20,27,29,33H,4,7-9,12,15,17-19H2,1-2H3/q-1/t27-,29-/m0/s1. The molecule has 266 valence electrons. The SMILES string of the molecule is CN(C)C(=O)c1cccc(CS(=O)(=O)N2CCC[C@H]2C(=O)O[C@@H](CC2=C(Cl)CN([O-])C=C2Cl)c2ccc(OC(F)F)c(OCC3CC3)c2)c1. The maximum Gasteiger partial charge on any atom is 0.387 e. The molecule has 2 fully saturated rings. The van der Waals surface area contributed by atoms with Gasteiger partial charge in [0.05, 0.1) is 17.4 Å². The van der Waals surface area contributed by atoms with Crippen LogP contribution in [0.3, 0.4) is 0 Å². The number of ether oxygens (including phenoxy) is 3. The van der Waals surface area contributed by atoms with E-state index in [9.17, 15) is 32.0 Å². The summed E-state index contributed by atoms with van der Waals surface area (Å²) in [5.41, 5.74) is 1.35. The van der Waals surface area contributed by atoms with Crippen LogP contribution >= 0.6 is 23.2 Å². The number of esters is 1. The van der Waals surface area contributed by atoms with Crippen molar-refractivity contribution in [1.29, 1.82) is 0 Å². The van der Waals surface area contributed by atoms with Gasteiger partial charge in [-0.1, -0.05) is 41.4 Å². The molecule has 2 atom stereocenters. The van der Waals surface area contributed by atoms with Crippen LogP contribution < -0.4 is 9.47 Å². The van der Waals surface area contributed by atoms with Crippen LogP contribution in [0.2, 0.25) is 0 Å². The number of rotatable bonds is 14. The summed E-state index contributed by atoms with van der Waals surface area (Å²) < 4.78 is 71.4. The molecule has 0 spiro atoms. The van der Waals surface area contributed by atoms with Gasteiger partial charge in [0, 0.05) is 50.4 Å². The van der Waals surface area contributed by atoms with E-state index in [-0.39, 0.29) is 65.9 Å². The fourth-order valence-corrected chi connectivity index (χ4v) is 8.03. The summed E-state index contributed by atoms with van der Waals surface area (Å²) in [4.78, 5) is 27.7. The van der Waals surface area contributed by atoms with Gasteiger partial charge in [-0.3, -0.25) is 9.59 Å². The van der Waals surface area contributed by atoms with E-state index < -0.39 is 40.5 Å². The lowest BCUT2D eigenvalue weighted by Crippen LogP contribution is -2.42. The molecule has 1 aliphatic carbocycles. The Labute approximate surface area is 293 Å². The number of benzene rings is 2. The molecule has 2 aromatic carbocycles. The molecule has 5 rings (SSSR count). The number of alkyl halides is 2. The number of amides is 1. The van der Waals surface area contributed by atoms with E-state index in [1.807, 2.05) is 0 Å². The highest BCUT2D eigenvalue weighted by Gasteiger charge is 2.41. The molecule has 11 nitrogen and oxygen atoms in total. The van der Waals surface area contributed by atoms with Crippen molar-refractivity contribution in [1.82, 2.24) is 14.3 Å². The molecule has 0 N–H and O–H groups in total. The minimum Gasteiger partial charge on any atom is -0.758 e. The summed E-state index contributed by atoms with van der Waals surface area (Å²) in [5, 5.41) is 12.6. The first kappa shape index (κ1) is 36.8. The average molecular weight is 744 g/mol. The molecule has 0 bridgehead atoms. The predicted molar refractivity (Wildman–Crippen MR) is 178 cm³/mol. The largest absolute Gasteiger partial charge is 0.758 e. The number of carbonyl (C=O) groups is 2. The van der Waals surface area contributed by atoms with Crippen LogP contribution in [0.15, 0.2) is 64.3 Å². The molecule has 3 aliphatic rings. The lowest BCUT2D eigenvalue weighted by Gasteiger charge is -2.32. The second-order valence-electron chi connectivity index (χ2n) is 12.3. The topological polar surface area (TPSA) is 129 Å². The highest BCUT2D eigenvalue weighted by Crippen LogP contribution is 2.40. The summed E-state index contributed by atoms with van der Waals surface area (Å²) >= 11 is 12.8. The Morgan fingerprint density at radius 3 is 2.51 bits per heavy atom. The Morgan fingerprint density at radius 2 is 1.84 bits per heavy atom. The van der Waals surface area contributed by atoms with Gasteiger partial charge in [-0.15, -0.1) is 0 Å². The quantitative estimate of drug-likeness (QED) is 0.210. The molecule has 16 heteroatoms. The molecule has 1 saturated carbocycles. The Bertz CT molecular complexity index is 1740. The fourth-order valence-electron chi connectivity index (χ4n) is 5.63. The first-order valence-corrected chi connectivity index (χ1v) is 18.0. The molecule has 0 radical (unpaired) electrons. The van der Waals surface area contributed by atoms with Gasteiger partial charge < -0.3 is 29.4 Å². The van der Waals surface area contributed by atoms with Gasteiger partial charge in [-0.2, -0.15) is 13.1 Å². The van der Waals surface area contributed by atoms with Crippen LogP contribution in [0.25, 0.3) is 0 Å². The van der Waals surface area contributed by atoms with Crippen molar-refractivity contribution in [2.75, 3.05) is 33.8 Å². The molecule has 49 heavy (non-hydrogen) atoms. The van der Waals surface area contributed by atoms with E-state index in [4.69, 9.17) is 32.7 Å². The summed E-state index contributed by atoms with van der Waals surface area (Å²) in [7, 11) is -0.872. The monoisotopic (exact) mass is 742 g/mol.